The van der Waals surface area contributed by atoms with Crippen LogP contribution in [-0.2, 0) is 0 Å². The molecule has 0 saturated heterocycles. The average molecular weight is 325 g/mol. The van der Waals surface area contributed by atoms with E-state index in [1.54, 1.807) is 19.2 Å². The Morgan fingerprint density at radius 2 is 1.81 bits per heavy atom. The monoisotopic (exact) mass is 324 g/mol. The van der Waals surface area contributed by atoms with E-state index in [0.29, 0.717) is 11.3 Å². The van der Waals surface area contributed by atoms with Gasteiger partial charge in [0.25, 0.3) is 5.91 Å². The topological polar surface area (TPSA) is 64.3 Å². The van der Waals surface area contributed by atoms with Gasteiger partial charge in [-0.15, -0.1) is 0 Å². The third kappa shape index (κ3) is 3.40. The standard InChI is InChI=1S/C15H14Cl2N2O2/c1-8-5-10(21-2)3-4-13(8)19-15(20)9-6-11(16)14(18)12(17)7-9/h3-7H,18H2,1-2H3,(H,19,20). The van der Waals surface area contributed by atoms with Crippen LogP contribution in [0.5, 0.6) is 5.75 Å². The van der Waals surface area contributed by atoms with Crippen LogP contribution in [0.15, 0.2) is 30.3 Å². The third-order valence-corrected chi connectivity index (χ3v) is 3.65. The van der Waals surface area contributed by atoms with Gasteiger partial charge in [-0.05, 0) is 42.8 Å². The Morgan fingerprint density at radius 3 is 2.33 bits per heavy atom. The molecule has 0 heterocycles. The maximum absolute atomic E-state index is 12.2. The molecule has 0 atom stereocenters. The van der Waals surface area contributed by atoms with E-state index in [4.69, 9.17) is 33.7 Å². The van der Waals surface area contributed by atoms with Gasteiger partial charge in [-0.25, -0.2) is 0 Å². The highest BCUT2D eigenvalue weighted by molar-refractivity contribution is 6.39. The zero-order chi connectivity index (χ0) is 15.6. The molecule has 1 amide bonds. The van der Waals surface area contributed by atoms with Crippen LogP contribution in [0.25, 0.3) is 0 Å². The van der Waals surface area contributed by atoms with Gasteiger partial charge < -0.3 is 15.8 Å². The molecule has 0 radical (unpaired) electrons. The number of benzene rings is 2. The van der Waals surface area contributed by atoms with Crippen LogP contribution in [0, 0.1) is 6.92 Å². The van der Waals surface area contributed by atoms with E-state index in [1.807, 2.05) is 13.0 Å². The van der Waals surface area contributed by atoms with Crippen molar-refractivity contribution >= 4 is 40.5 Å². The number of ether oxygens (including phenoxy) is 1. The second-order valence-corrected chi connectivity index (χ2v) is 5.30. The molecule has 2 aromatic rings. The van der Waals surface area contributed by atoms with Crippen molar-refractivity contribution in [2.45, 2.75) is 6.92 Å². The minimum atomic E-state index is -0.313. The van der Waals surface area contributed by atoms with E-state index >= 15 is 0 Å². The molecule has 0 saturated carbocycles. The van der Waals surface area contributed by atoms with Crippen LogP contribution in [-0.4, -0.2) is 13.0 Å². The Kier molecular flexibility index (Phi) is 4.60. The van der Waals surface area contributed by atoms with Crippen molar-refractivity contribution in [3.8, 4) is 5.75 Å². The van der Waals surface area contributed by atoms with Gasteiger partial charge in [0, 0.05) is 11.3 Å². The summed E-state index contributed by atoms with van der Waals surface area (Å²) >= 11 is 11.9. The summed E-state index contributed by atoms with van der Waals surface area (Å²) in [5, 5.41) is 3.30. The lowest BCUT2D eigenvalue weighted by Crippen LogP contribution is -2.13. The Balaban J connectivity index is 2.26. The van der Waals surface area contributed by atoms with Crippen molar-refractivity contribution in [2.75, 3.05) is 18.2 Å². The van der Waals surface area contributed by atoms with Gasteiger partial charge in [-0.2, -0.15) is 0 Å². The Labute approximate surface area is 132 Å². The van der Waals surface area contributed by atoms with Crippen LogP contribution in [0.3, 0.4) is 0 Å². The largest absolute Gasteiger partial charge is 0.497 e. The summed E-state index contributed by atoms with van der Waals surface area (Å²) in [6.07, 6.45) is 0. The van der Waals surface area contributed by atoms with Crippen LogP contribution in [0.2, 0.25) is 10.0 Å². The van der Waals surface area contributed by atoms with Crippen molar-refractivity contribution < 1.29 is 9.53 Å². The first-order valence-electron chi connectivity index (χ1n) is 6.13. The van der Waals surface area contributed by atoms with Gasteiger partial charge >= 0.3 is 0 Å². The first-order valence-corrected chi connectivity index (χ1v) is 6.88. The predicted octanol–water partition coefficient (Wildman–Crippen LogP) is 4.14. The van der Waals surface area contributed by atoms with Gasteiger partial charge in [0.1, 0.15) is 5.75 Å². The van der Waals surface area contributed by atoms with E-state index in [2.05, 4.69) is 5.32 Å². The fourth-order valence-electron chi connectivity index (χ4n) is 1.81. The van der Waals surface area contributed by atoms with Crippen molar-refractivity contribution in [3.63, 3.8) is 0 Å². The molecule has 110 valence electrons. The number of hydrogen-bond donors (Lipinski definition) is 2. The molecule has 0 fully saturated rings. The van der Waals surface area contributed by atoms with Crippen LogP contribution < -0.4 is 15.8 Å². The maximum atomic E-state index is 12.2. The van der Waals surface area contributed by atoms with Gasteiger partial charge in [-0.3, -0.25) is 4.79 Å². The highest BCUT2D eigenvalue weighted by atomic mass is 35.5. The number of amides is 1. The van der Waals surface area contributed by atoms with Crippen LogP contribution in [0.1, 0.15) is 15.9 Å². The fraction of sp³-hybridized carbons (Fsp3) is 0.133. The normalized spacial score (nSPS) is 10.3. The third-order valence-electron chi connectivity index (χ3n) is 3.02. The lowest BCUT2D eigenvalue weighted by Gasteiger charge is -2.11. The molecule has 0 spiro atoms. The molecule has 0 unspecified atom stereocenters. The van der Waals surface area contributed by atoms with Crippen LogP contribution in [0.4, 0.5) is 11.4 Å². The van der Waals surface area contributed by atoms with Gasteiger partial charge in [-0.1, -0.05) is 23.2 Å². The first-order chi connectivity index (χ1) is 9.92. The molecular formula is C15H14Cl2N2O2. The van der Waals surface area contributed by atoms with Gasteiger partial charge in [0.15, 0.2) is 0 Å². The van der Waals surface area contributed by atoms with Crippen LogP contribution >= 0.6 is 23.2 Å². The highest BCUT2D eigenvalue weighted by Gasteiger charge is 2.12. The number of methoxy groups -OCH3 is 1. The van der Waals surface area contributed by atoms with Gasteiger partial charge in [0.05, 0.1) is 22.8 Å². The number of nitrogens with one attached hydrogen (secondary N) is 1. The first kappa shape index (κ1) is 15.5. The number of nitrogen functional groups attached to an aromatic ring is 1. The van der Waals surface area contributed by atoms with Crippen molar-refractivity contribution in [2.24, 2.45) is 0 Å². The highest BCUT2D eigenvalue weighted by Crippen LogP contribution is 2.29. The lowest BCUT2D eigenvalue weighted by molar-refractivity contribution is 0.102. The van der Waals surface area contributed by atoms with E-state index in [1.165, 1.54) is 12.1 Å². The number of anilines is 2. The predicted molar refractivity (Wildman–Crippen MR) is 86.6 cm³/mol. The maximum Gasteiger partial charge on any atom is 0.255 e. The molecular weight excluding hydrogens is 311 g/mol. The van der Waals surface area contributed by atoms with Crippen molar-refractivity contribution in [1.82, 2.24) is 0 Å². The minimum absolute atomic E-state index is 0.249. The molecule has 0 bridgehead atoms. The summed E-state index contributed by atoms with van der Waals surface area (Å²) in [5.41, 5.74) is 7.82. The van der Waals surface area contributed by atoms with E-state index < -0.39 is 0 Å². The Morgan fingerprint density at radius 1 is 1.19 bits per heavy atom. The summed E-state index contributed by atoms with van der Waals surface area (Å²) in [4.78, 5) is 12.2. The molecule has 2 rings (SSSR count). The number of carbonyl (C=O) groups is 1. The number of aryl methyl sites for hydroxylation is 1. The molecule has 21 heavy (non-hydrogen) atoms. The summed E-state index contributed by atoms with van der Waals surface area (Å²) in [5.74, 6) is 0.413. The van der Waals surface area contributed by atoms with Crippen molar-refractivity contribution in [3.05, 3.63) is 51.5 Å². The van der Waals surface area contributed by atoms with Crippen molar-refractivity contribution in [1.29, 1.82) is 0 Å². The van der Waals surface area contributed by atoms with E-state index in [0.717, 1.165) is 11.3 Å². The molecule has 6 heteroatoms. The number of hydrogen-bond acceptors (Lipinski definition) is 3. The Bertz CT molecular complexity index is 679. The fourth-order valence-corrected chi connectivity index (χ4v) is 2.30. The average Bonchev–Trinajstić information content (AvgIpc) is 2.46. The molecule has 2 aromatic carbocycles. The summed E-state index contributed by atoms with van der Waals surface area (Å²) in [7, 11) is 1.59. The summed E-state index contributed by atoms with van der Waals surface area (Å²) < 4.78 is 5.12. The molecule has 0 aliphatic heterocycles. The molecule has 0 aliphatic carbocycles. The number of halogens is 2. The lowest BCUT2D eigenvalue weighted by atomic mass is 10.1. The van der Waals surface area contributed by atoms with E-state index in [9.17, 15) is 4.79 Å². The zero-order valence-electron chi connectivity index (χ0n) is 11.5. The summed E-state index contributed by atoms with van der Waals surface area (Å²) in [6.45, 7) is 1.88. The molecule has 4 nitrogen and oxygen atoms in total. The summed E-state index contributed by atoms with van der Waals surface area (Å²) in [6, 6.07) is 8.34. The quantitative estimate of drug-likeness (QED) is 0.834. The second-order valence-electron chi connectivity index (χ2n) is 4.49. The van der Waals surface area contributed by atoms with Gasteiger partial charge in [0.2, 0.25) is 0 Å². The molecule has 0 aliphatic rings. The molecule has 3 N–H and O–H groups in total. The smallest absolute Gasteiger partial charge is 0.255 e. The SMILES string of the molecule is COc1ccc(NC(=O)c2cc(Cl)c(N)c(Cl)c2)c(C)c1. The molecule has 0 aromatic heterocycles. The zero-order valence-corrected chi connectivity index (χ0v) is 13.0. The number of carbonyl (C=O) groups excluding carboxylic acids is 1. The Hall–Kier alpha value is -1.91. The number of nitrogens with two attached hydrogens (primary N) is 1. The number of rotatable bonds is 3. The van der Waals surface area contributed by atoms with E-state index in [-0.39, 0.29) is 21.6 Å². The minimum Gasteiger partial charge on any atom is -0.497 e. The second kappa shape index (κ2) is 6.24.